The van der Waals surface area contributed by atoms with E-state index >= 15 is 0 Å². The smallest absolute Gasteiger partial charge is 0.206 e. The third kappa shape index (κ3) is 3.13. The molecule has 1 heterocycles. The zero-order chi connectivity index (χ0) is 20.8. The fraction of sp³-hybridized carbons (Fsp3) is 0.280. The highest BCUT2D eigenvalue weighted by atomic mass is 29.6. The second-order valence-corrected chi connectivity index (χ2v) is 35.9. The van der Waals surface area contributed by atoms with Crippen molar-refractivity contribution >= 4 is 27.7 Å². The molecule has 1 atom stereocenters. The van der Waals surface area contributed by atoms with Crippen molar-refractivity contribution in [2.75, 3.05) is 0 Å². The molecule has 0 amide bonds. The van der Waals surface area contributed by atoms with Crippen LogP contribution in [-0.4, -0.2) is 22.5 Å². The number of rotatable bonds is 3. The van der Waals surface area contributed by atoms with Crippen molar-refractivity contribution in [2.45, 2.75) is 44.4 Å². The van der Waals surface area contributed by atoms with Crippen LogP contribution in [0.2, 0.25) is 38.8 Å². The Morgan fingerprint density at radius 1 is 0.621 bits per heavy atom. The lowest BCUT2D eigenvalue weighted by molar-refractivity contribution is 0.126. The lowest BCUT2D eigenvalue weighted by atomic mass is 9.88. The van der Waals surface area contributed by atoms with Crippen LogP contribution in [0.15, 0.2) is 91.0 Å². The molecule has 150 valence electrons. The Labute approximate surface area is 178 Å². The van der Waals surface area contributed by atoms with Crippen LogP contribution in [0.4, 0.5) is 0 Å². The highest BCUT2D eigenvalue weighted by Gasteiger charge is 2.66. The minimum absolute atomic E-state index is 0.350. The van der Waals surface area contributed by atoms with Crippen LogP contribution in [0.1, 0.15) is 11.1 Å². The average Bonchev–Trinajstić information content (AvgIpc) is 2.74. The van der Waals surface area contributed by atoms with E-state index < -0.39 is 22.5 Å². The summed E-state index contributed by atoms with van der Waals surface area (Å²) in [5.41, 5.74) is 2.27. The maximum Gasteiger partial charge on any atom is 0.206 e. The highest BCUT2D eigenvalue weighted by Crippen LogP contribution is 2.51. The summed E-state index contributed by atoms with van der Waals surface area (Å²) >= 11 is 0. The van der Waals surface area contributed by atoms with Crippen molar-refractivity contribution in [3.63, 3.8) is 0 Å². The van der Waals surface area contributed by atoms with Gasteiger partial charge >= 0.3 is 0 Å². The molecule has 1 aliphatic rings. The summed E-state index contributed by atoms with van der Waals surface area (Å²) in [5.74, 6) is 0. The molecule has 0 bridgehead atoms. The van der Waals surface area contributed by atoms with Crippen molar-refractivity contribution in [3.8, 4) is 0 Å². The topological polar surface area (TPSA) is 9.23 Å². The molecule has 4 heteroatoms. The van der Waals surface area contributed by atoms with Crippen molar-refractivity contribution < 1.29 is 4.43 Å². The molecule has 0 N–H and O–H groups in total. The van der Waals surface area contributed by atoms with E-state index in [9.17, 15) is 0 Å². The largest absolute Gasteiger partial charge is 0.402 e. The second kappa shape index (κ2) is 7.20. The van der Waals surface area contributed by atoms with Gasteiger partial charge < -0.3 is 4.43 Å². The first-order valence-electron chi connectivity index (χ1n) is 10.6. The Bertz CT molecular complexity index is 931. The normalized spacial score (nSPS) is 24.7. The zero-order valence-electron chi connectivity index (χ0n) is 18.3. The van der Waals surface area contributed by atoms with E-state index in [4.69, 9.17) is 4.43 Å². The maximum atomic E-state index is 7.61. The van der Waals surface area contributed by atoms with Crippen LogP contribution in [0.25, 0.3) is 0 Å². The molecular weight excluding hydrogens is 401 g/mol. The van der Waals surface area contributed by atoms with E-state index in [2.05, 4.69) is 124 Å². The van der Waals surface area contributed by atoms with E-state index in [-0.39, 0.29) is 5.60 Å². The molecule has 0 aromatic heterocycles. The Kier molecular flexibility index (Phi) is 5.10. The van der Waals surface area contributed by atoms with Gasteiger partial charge in [0.1, 0.15) is 5.60 Å². The van der Waals surface area contributed by atoms with Gasteiger partial charge in [0, 0.05) is 7.59 Å². The molecule has 3 aromatic carbocycles. The van der Waals surface area contributed by atoms with Crippen LogP contribution in [0.5, 0.6) is 0 Å². The first kappa shape index (κ1) is 20.5. The SMILES string of the molecule is C[Si]1(C)CC(c2ccccc2)(c2ccccc2)O[Si](C)(c2ccccc2)[Si]1(C)C. The van der Waals surface area contributed by atoms with Crippen molar-refractivity contribution in [1.82, 2.24) is 0 Å². The van der Waals surface area contributed by atoms with Crippen LogP contribution in [-0.2, 0) is 10.0 Å². The van der Waals surface area contributed by atoms with Gasteiger partial charge in [0.2, 0.25) is 7.83 Å². The van der Waals surface area contributed by atoms with Crippen LogP contribution < -0.4 is 5.19 Å². The Morgan fingerprint density at radius 2 is 1.03 bits per heavy atom. The van der Waals surface area contributed by atoms with Crippen LogP contribution >= 0.6 is 0 Å². The summed E-state index contributed by atoms with van der Waals surface area (Å²) in [7, 11) is -5.35. The van der Waals surface area contributed by atoms with Gasteiger partial charge in [-0.25, -0.2) is 0 Å². The number of hydrogen-bond donors (Lipinski definition) is 0. The molecule has 0 spiro atoms. The predicted molar refractivity (Wildman–Crippen MR) is 132 cm³/mol. The zero-order valence-corrected chi connectivity index (χ0v) is 21.3. The molecule has 0 aliphatic carbocycles. The lowest BCUT2D eigenvalue weighted by Gasteiger charge is -2.60. The molecule has 0 radical (unpaired) electrons. The summed E-state index contributed by atoms with van der Waals surface area (Å²) in [6.07, 6.45) is 0. The second-order valence-electron chi connectivity index (χ2n) is 9.75. The first-order valence-corrected chi connectivity index (χ1v) is 21.2. The van der Waals surface area contributed by atoms with Gasteiger partial charge in [0.05, 0.1) is 7.11 Å². The predicted octanol–water partition coefficient (Wildman–Crippen LogP) is 6.02. The average molecular weight is 433 g/mol. The molecule has 1 saturated heterocycles. The molecular formula is C25H32OSi3. The summed E-state index contributed by atoms with van der Waals surface area (Å²) in [6.45, 7) is 13.0. The van der Waals surface area contributed by atoms with Gasteiger partial charge in [0.15, 0.2) is 0 Å². The summed E-state index contributed by atoms with van der Waals surface area (Å²) in [5, 5.41) is 1.47. The van der Waals surface area contributed by atoms with E-state index in [0.29, 0.717) is 0 Å². The molecule has 4 rings (SSSR count). The summed E-state index contributed by atoms with van der Waals surface area (Å²) < 4.78 is 7.61. The van der Waals surface area contributed by atoms with Gasteiger partial charge in [-0.05, 0) is 28.9 Å². The fourth-order valence-corrected chi connectivity index (χ4v) is 35.7. The Hall–Kier alpha value is -1.73. The standard InChI is InChI=1S/C25H32OSi3/c1-27(2)21-25(22-15-9-6-10-16-22,23-17-11-7-12-18-23)26-29(5,28(27,3)4)24-19-13-8-14-20-24/h6-20H,21H2,1-5H3. The van der Waals surface area contributed by atoms with E-state index in [1.165, 1.54) is 16.3 Å². The van der Waals surface area contributed by atoms with E-state index in [1.807, 2.05) is 0 Å². The minimum atomic E-state index is -2.18. The molecule has 1 aliphatic heterocycles. The third-order valence-electron chi connectivity index (χ3n) is 7.76. The van der Waals surface area contributed by atoms with Gasteiger partial charge in [-0.1, -0.05) is 117 Å². The van der Waals surface area contributed by atoms with Gasteiger partial charge in [-0.15, -0.1) is 0 Å². The van der Waals surface area contributed by atoms with E-state index in [1.54, 1.807) is 0 Å². The fourth-order valence-electron chi connectivity index (χ4n) is 5.08. The van der Waals surface area contributed by atoms with Crippen LogP contribution in [0.3, 0.4) is 0 Å². The van der Waals surface area contributed by atoms with Crippen molar-refractivity contribution in [2.24, 2.45) is 0 Å². The maximum absolute atomic E-state index is 7.61. The molecule has 29 heavy (non-hydrogen) atoms. The van der Waals surface area contributed by atoms with Gasteiger partial charge in [-0.3, -0.25) is 0 Å². The monoisotopic (exact) mass is 432 g/mol. The van der Waals surface area contributed by atoms with Crippen LogP contribution in [0, 0.1) is 0 Å². The molecule has 0 saturated carbocycles. The Morgan fingerprint density at radius 3 is 1.48 bits per heavy atom. The molecule has 1 nitrogen and oxygen atoms in total. The highest BCUT2D eigenvalue weighted by molar-refractivity contribution is 7.70. The lowest BCUT2D eigenvalue weighted by Crippen LogP contribution is -2.82. The Balaban J connectivity index is 2.01. The van der Waals surface area contributed by atoms with Gasteiger partial charge in [-0.2, -0.15) is 0 Å². The van der Waals surface area contributed by atoms with E-state index in [0.717, 1.165) is 6.04 Å². The van der Waals surface area contributed by atoms with Crippen molar-refractivity contribution in [3.05, 3.63) is 102 Å². The number of hydrogen-bond acceptors (Lipinski definition) is 1. The summed E-state index contributed by atoms with van der Waals surface area (Å²) in [6, 6.07) is 34.3. The third-order valence-corrected chi connectivity index (χ3v) is 46.5. The molecule has 1 unspecified atom stereocenters. The minimum Gasteiger partial charge on any atom is -0.402 e. The quantitative estimate of drug-likeness (QED) is 0.460. The molecule has 1 fully saturated rings. The van der Waals surface area contributed by atoms with Gasteiger partial charge in [0.25, 0.3) is 0 Å². The number of benzene rings is 3. The van der Waals surface area contributed by atoms with Crippen molar-refractivity contribution in [1.29, 1.82) is 0 Å². The molecule has 3 aromatic rings. The first-order chi connectivity index (χ1) is 13.7. The summed E-state index contributed by atoms with van der Waals surface area (Å²) in [4.78, 5) is 0.